The maximum Gasteiger partial charge on any atom is 0.122 e. The van der Waals surface area contributed by atoms with Gasteiger partial charge in [-0.3, -0.25) is 0 Å². The Morgan fingerprint density at radius 2 is 1.95 bits per heavy atom. The summed E-state index contributed by atoms with van der Waals surface area (Å²) in [4.78, 5) is 0. The molecular weight excluding hydrogens is 272 g/mol. The summed E-state index contributed by atoms with van der Waals surface area (Å²) in [6, 6.07) is 11.4. The van der Waals surface area contributed by atoms with Gasteiger partial charge in [-0.2, -0.15) is 0 Å². The van der Waals surface area contributed by atoms with Crippen LogP contribution < -0.4 is 4.74 Å². The first-order valence-corrected chi connectivity index (χ1v) is 6.97. The van der Waals surface area contributed by atoms with Crippen molar-refractivity contribution in [1.29, 1.82) is 0 Å². The number of methoxy groups -OCH3 is 1. The van der Waals surface area contributed by atoms with Crippen LogP contribution in [0.4, 0.5) is 0 Å². The van der Waals surface area contributed by atoms with Crippen LogP contribution in [0.3, 0.4) is 0 Å². The van der Waals surface area contributed by atoms with Gasteiger partial charge in [0, 0.05) is 11.4 Å². The van der Waals surface area contributed by atoms with E-state index in [2.05, 4.69) is 0 Å². The Balaban J connectivity index is 2.30. The van der Waals surface area contributed by atoms with Crippen LogP contribution in [-0.4, -0.2) is 12.2 Å². The van der Waals surface area contributed by atoms with E-state index in [4.69, 9.17) is 16.3 Å². The Morgan fingerprint density at radius 1 is 1.20 bits per heavy atom. The molecule has 2 aromatic rings. The molecule has 2 rings (SSSR count). The lowest BCUT2D eigenvalue weighted by Crippen LogP contribution is -2.06. The largest absolute Gasteiger partial charge is 0.496 e. The predicted molar refractivity (Wildman–Crippen MR) is 82.6 cm³/mol. The summed E-state index contributed by atoms with van der Waals surface area (Å²) in [5, 5.41) is 11.1. The SMILES string of the molecule is COc1ccc(Cl)cc1CC(O)c1cccc(C)c1C. The van der Waals surface area contributed by atoms with Crippen LogP contribution in [0.2, 0.25) is 5.02 Å². The second-order valence-corrected chi connectivity index (χ2v) is 5.40. The highest BCUT2D eigenvalue weighted by atomic mass is 35.5. The Hall–Kier alpha value is -1.51. The van der Waals surface area contributed by atoms with Gasteiger partial charge in [0.25, 0.3) is 0 Å². The fourth-order valence-electron chi connectivity index (χ4n) is 2.36. The predicted octanol–water partition coefficient (Wildman–Crippen LogP) is 4.24. The maximum absolute atomic E-state index is 10.5. The van der Waals surface area contributed by atoms with Gasteiger partial charge in [0.2, 0.25) is 0 Å². The molecule has 0 aliphatic carbocycles. The van der Waals surface area contributed by atoms with Crippen molar-refractivity contribution in [2.75, 3.05) is 7.11 Å². The van der Waals surface area contributed by atoms with Gasteiger partial charge in [-0.15, -0.1) is 0 Å². The molecule has 1 unspecified atom stereocenters. The Bertz CT molecular complexity index is 608. The van der Waals surface area contributed by atoms with Gasteiger partial charge in [0.15, 0.2) is 0 Å². The molecule has 0 saturated heterocycles. The minimum absolute atomic E-state index is 0.480. The van der Waals surface area contributed by atoms with E-state index in [1.807, 2.05) is 44.2 Å². The lowest BCUT2D eigenvalue weighted by atomic mass is 9.95. The van der Waals surface area contributed by atoms with Crippen molar-refractivity contribution in [3.8, 4) is 5.75 Å². The molecule has 2 nitrogen and oxygen atoms in total. The number of aliphatic hydroxyl groups is 1. The van der Waals surface area contributed by atoms with Crippen molar-refractivity contribution in [3.63, 3.8) is 0 Å². The summed E-state index contributed by atoms with van der Waals surface area (Å²) in [5.74, 6) is 0.749. The lowest BCUT2D eigenvalue weighted by Gasteiger charge is -2.17. The summed E-state index contributed by atoms with van der Waals surface area (Å²) < 4.78 is 5.32. The highest BCUT2D eigenvalue weighted by molar-refractivity contribution is 6.30. The zero-order valence-corrected chi connectivity index (χ0v) is 12.7. The van der Waals surface area contributed by atoms with Crippen molar-refractivity contribution in [3.05, 3.63) is 63.7 Å². The lowest BCUT2D eigenvalue weighted by molar-refractivity contribution is 0.176. The molecule has 0 bridgehead atoms. The van der Waals surface area contributed by atoms with Crippen molar-refractivity contribution in [1.82, 2.24) is 0 Å². The maximum atomic E-state index is 10.5. The topological polar surface area (TPSA) is 29.5 Å². The van der Waals surface area contributed by atoms with E-state index >= 15 is 0 Å². The van der Waals surface area contributed by atoms with Gasteiger partial charge in [-0.05, 0) is 54.3 Å². The van der Waals surface area contributed by atoms with E-state index in [1.54, 1.807) is 13.2 Å². The van der Waals surface area contributed by atoms with Crippen LogP contribution in [-0.2, 0) is 6.42 Å². The number of ether oxygens (including phenoxy) is 1. The summed E-state index contributed by atoms with van der Waals surface area (Å²) in [6.07, 6.45) is -0.0872. The van der Waals surface area contributed by atoms with Gasteiger partial charge in [-0.25, -0.2) is 0 Å². The molecule has 0 fully saturated rings. The molecule has 0 saturated carbocycles. The number of halogens is 1. The monoisotopic (exact) mass is 290 g/mol. The fourth-order valence-corrected chi connectivity index (χ4v) is 2.55. The average molecular weight is 291 g/mol. The Kier molecular flexibility index (Phi) is 4.69. The molecule has 20 heavy (non-hydrogen) atoms. The molecular formula is C17H19ClO2. The first kappa shape index (κ1) is 14.9. The van der Waals surface area contributed by atoms with E-state index in [-0.39, 0.29) is 0 Å². The smallest absolute Gasteiger partial charge is 0.122 e. The van der Waals surface area contributed by atoms with Gasteiger partial charge in [0.1, 0.15) is 5.75 Å². The number of aliphatic hydroxyl groups excluding tert-OH is 1. The summed E-state index contributed by atoms with van der Waals surface area (Å²) in [5.41, 5.74) is 4.17. The second kappa shape index (κ2) is 6.29. The minimum Gasteiger partial charge on any atom is -0.496 e. The van der Waals surface area contributed by atoms with Crippen molar-refractivity contribution >= 4 is 11.6 Å². The van der Waals surface area contributed by atoms with Crippen LogP contribution in [0.1, 0.15) is 28.4 Å². The first-order chi connectivity index (χ1) is 9.52. The third-order valence-corrected chi connectivity index (χ3v) is 3.90. The number of hydrogen-bond acceptors (Lipinski definition) is 2. The summed E-state index contributed by atoms with van der Waals surface area (Å²) in [6.45, 7) is 4.08. The molecule has 0 aliphatic rings. The van der Waals surface area contributed by atoms with Gasteiger partial charge in [0.05, 0.1) is 13.2 Å². The van der Waals surface area contributed by atoms with E-state index in [0.29, 0.717) is 11.4 Å². The molecule has 0 spiro atoms. The number of rotatable bonds is 4. The van der Waals surface area contributed by atoms with Crippen LogP contribution in [0.25, 0.3) is 0 Å². The van der Waals surface area contributed by atoms with Crippen LogP contribution in [0.15, 0.2) is 36.4 Å². The standard InChI is InChI=1S/C17H19ClO2/c1-11-5-4-6-15(12(11)2)16(19)10-13-9-14(18)7-8-17(13)20-3/h4-9,16,19H,10H2,1-3H3. The Labute approximate surface area is 125 Å². The molecule has 106 valence electrons. The van der Waals surface area contributed by atoms with Gasteiger partial charge < -0.3 is 9.84 Å². The van der Waals surface area contributed by atoms with E-state index in [1.165, 1.54) is 5.56 Å². The normalized spacial score (nSPS) is 12.2. The molecule has 0 aliphatic heterocycles. The number of hydrogen-bond donors (Lipinski definition) is 1. The quantitative estimate of drug-likeness (QED) is 0.912. The highest BCUT2D eigenvalue weighted by Crippen LogP contribution is 2.29. The molecule has 2 aromatic carbocycles. The fraction of sp³-hybridized carbons (Fsp3) is 0.294. The van der Waals surface area contributed by atoms with Crippen LogP contribution in [0, 0.1) is 13.8 Å². The van der Waals surface area contributed by atoms with Crippen LogP contribution >= 0.6 is 11.6 Å². The van der Waals surface area contributed by atoms with Crippen molar-refractivity contribution in [2.24, 2.45) is 0 Å². The molecule has 3 heteroatoms. The minimum atomic E-state index is -0.567. The van der Waals surface area contributed by atoms with Gasteiger partial charge >= 0.3 is 0 Å². The molecule has 1 N–H and O–H groups in total. The van der Waals surface area contributed by atoms with Crippen LogP contribution in [0.5, 0.6) is 5.75 Å². The van der Waals surface area contributed by atoms with E-state index in [9.17, 15) is 5.11 Å². The average Bonchev–Trinajstić information content (AvgIpc) is 2.42. The summed E-state index contributed by atoms with van der Waals surface area (Å²) >= 11 is 6.02. The van der Waals surface area contributed by atoms with Crippen molar-refractivity contribution in [2.45, 2.75) is 26.4 Å². The second-order valence-electron chi connectivity index (χ2n) is 4.97. The zero-order chi connectivity index (χ0) is 14.7. The van der Waals surface area contributed by atoms with Gasteiger partial charge in [-0.1, -0.05) is 29.8 Å². The number of benzene rings is 2. The van der Waals surface area contributed by atoms with E-state index in [0.717, 1.165) is 22.4 Å². The Morgan fingerprint density at radius 3 is 2.65 bits per heavy atom. The molecule has 0 radical (unpaired) electrons. The molecule has 0 amide bonds. The van der Waals surface area contributed by atoms with Crippen molar-refractivity contribution < 1.29 is 9.84 Å². The zero-order valence-electron chi connectivity index (χ0n) is 12.0. The molecule has 0 heterocycles. The number of aryl methyl sites for hydroxylation is 1. The van der Waals surface area contributed by atoms with E-state index < -0.39 is 6.10 Å². The first-order valence-electron chi connectivity index (χ1n) is 6.59. The third kappa shape index (κ3) is 3.14. The third-order valence-electron chi connectivity index (χ3n) is 3.66. The molecule has 0 aromatic heterocycles. The summed E-state index contributed by atoms with van der Waals surface area (Å²) in [7, 11) is 1.62. The highest BCUT2D eigenvalue weighted by Gasteiger charge is 2.15. The molecule has 1 atom stereocenters.